The molecule has 1 N–H and O–H groups in total. The predicted octanol–water partition coefficient (Wildman–Crippen LogP) is 2.72. The van der Waals surface area contributed by atoms with Crippen molar-refractivity contribution in [3.05, 3.63) is 23.8 Å². The Labute approximate surface area is 104 Å². The van der Waals surface area contributed by atoms with Gasteiger partial charge < -0.3 is 10.1 Å². The molecule has 2 rings (SSSR count). The number of para-hydroxylation sites is 1. The third kappa shape index (κ3) is 2.91. The number of rotatable bonds is 5. The van der Waals surface area contributed by atoms with Gasteiger partial charge in [-0.25, -0.2) is 0 Å². The SMILES string of the molecule is CCCN(CC)Cc1cccc2c1OCCN2. The van der Waals surface area contributed by atoms with Crippen LogP contribution in [0.3, 0.4) is 0 Å². The highest BCUT2D eigenvalue weighted by atomic mass is 16.5. The van der Waals surface area contributed by atoms with Crippen molar-refractivity contribution in [3.63, 3.8) is 0 Å². The van der Waals surface area contributed by atoms with E-state index < -0.39 is 0 Å². The molecule has 1 heterocycles. The Morgan fingerprint density at radius 1 is 1.35 bits per heavy atom. The third-order valence-corrected chi connectivity index (χ3v) is 3.14. The highest BCUT2D eigenvalue weighted by molar-refractivity contribution is 5.61. The van der Waals surface area contributed by atoms with Crippen LogP contribution in [0.2, 0.25) is 0 Å². The maximum atomic E-state index is 5.79. The van der Waals surface area contributed by atoms with Gasteiger partial charge in [0.15, 0.2) is 0 Å². The lowest BCUT2D eigenvalue weighted by Crippen LogP contribution is -2.25. The van der Waals surface area contributed by atoms with Gasteiger partial charge in [0.25, 0.3) is 0 Å². The Morgan fingerprint density at radius 3 is 3.00 bits per heavy atom. The summed E-state index contributed by atoms with van der Waals surface area (Å²) in [5.74, 6) is 1.05. The van der Waals surface area contributed by atoms with Crippen LogP contribution in [0.25, 0.3) is 0 Å². The largest absolute Gasteiger partial charge is 0.489 e. The lowest BCUT2D eigenvalue weighted by Gasteiger charge is -2.25. The summed E-state index contributed by atoms with van der Waals surface area (Å²) < 4.78 is 5.79. The molecular formula is C14H22N2O. The second-order valence-electron chi connectivity index (χ2n) is 4.44. The second-order valence-corrected chi connectivity index (χ2v) is 4.44. The minimum atomic E-state index is 0.768. The third-order valence-electron chi connectivity index (χ3n) is 3.14. The first-order valence-corrected chi connectivity index (χ1v) is 6.56. The van der Waals surface area contributed by atoms with Gasteiger partial charge in [-0.3, -0.25) is 4.90 Å². The van der Waals surface area contributed by atoms with Crippen LogP contribution in [0.15, 0.2) is 18.2 Å². The Kier molecular flexibility index (Phi) is 4.26. The van der Waals surface area contributed by atoms with E-state index in [1.807, 2.05) is 0 Å². The molecule has 0 saturated carbocycles. The molecule has 3 nitrogen and oxygen atoms in total. The van der Waals surface area contributed by atoms with E-state index in [0.717, 1.165) is 44.2 Å². The summed E-state index contributed by atoms with van der Waals surface area (Å²) in [6.07, 6.45) is 1.20. The molecule has 1 aromatic rings. The van der Waals surface area contributed by atoms with E-state index in [1.165, 1.54) is 12.0 Å². The molecule has 1 aliphatic heterocycles. The van der Waals surface area contributed by atoms with Crippen molar-refractivity contribution < 1.29 is 4.74 Å². The minimum absolute atomic E-state index is 0.768. The molecule has 17 heavy (non-hydrogen) atoms. The average Bonchev–Trinajstić information content (AvgIpc) is 2.38. The number of benzene rings is 1. The Balaban J connectivity index is 2.14. The van der Waals surface area contributed by atoms with Crippen molar-refractivity contribution in [3.8, 4) is 5.75 Å². The van der Waals surface area contributed by atoms with Gasteiger partial charge in [-0.1, -0.05) is 26.0 Å². The summed E-state index contributed by atoms with van der Waals surface area (Å²) in [4.78, 5) is 2.45. The van der Waals surface area contributed by atoms with Gasteiger partial charge in [0.1, 0.15) is 12.4 Å². The predicted molar refractivity (Wildman–Crippen MR) is 71.7 cm³/mol. The first-order chi connectivity index (χ1) is 8.35. The first-order valence-electron chi connectivity index (χ1n) is 6.56. The van der Waals surface area contributed by atoms with E-state index >= 15 is 0 Å². The van der Waals surface area contributed by atoms with Gasteiger partial charge in [0.2, 0.25) is 0 Å². The van der Waals surface area contributed by atoms with Crippen LogP contribution in [-0.4, -0.2) is 31.1 Å². The maximum absolute atomic E-state index is 5.79. The summed E-state index contributed by atoms with van der Waals surface area (Å²) in [5, 5.41) is 3.38. The van der Waals surface area contributed by atoms with Crippen molar-refractivity contribution in [2.45, 2.75) is 26.8 Å². The topological polar surface area (TPSA) is 24.5 Å². The molecule has 0 radical (unpaired) electrons. The van der Waals surface area contributed by atoms with Gasteiger partial charge >= 0.3 is 0 Å². The summed E-state index contributed by atoms with van der Waals surface area (Å²) >= 11 is 0. The molecule has 3 heteroatoms. The summed E-state index contributed by atoms with van der Waals surface area (Å²) in [5.41, 5.74) is 2.44. The standard InChI is InChI=1S/C14H22N2O/c1-3-9-16(4-2)11-12-6-5-7-13-14(12)17-10-8-15-13/h5-7,15H,3-4,8-11H2,1-2H3. The summed E-state index contributed by atoms with van der Waals surface area (Å²) in [6.45, 7) is 9.33. The Bertz CT molecular complexity index is 365. The van der Waals surface area contributed by atoms with E-state index in [0.29, 0.717) is 0 Å². The van der Waals surface area contributed by atoms with E-state index in [1.54, 1.807) is 0 Å². The molecule has 0 amide bonds. The average molecular weight is 234 g/mol. The zero-order valence-corrected chi connectivity index (χ0v) is 10.8. The van der Waals surface area contributed by atoms with E-state index in [4.69, 9.17) is 4.74 Å². The monoisotopic (exact) mass is 234 g/mol. The number of nitrogens with one attached hydrogen (secondary N) is 1. The summed E-state index contributed by atoms with van der Waals surface area (Å²) in [7, 11) is 0. The normalized spacial score (nSPS) is 14.1. The van der Waals surface area contributed by atoms with Gasteiger partial charge in [-0.05, 0) is 25.6 Å². The van der Waals surface area contributed by atoms with Gasteiger partial charge in [0, 0.05) is 18.7 Å². The molecule has 0 saturated heterocycles. The lowest BCUT2D eigenvalue weighted by atomic mass is 10.1. The number of anilines is 1. The minimum Gasteiger partial charge on any atom is -0.489 e. The molecule has 1 aromatic carbocycles. The Hall–Kier alpha value is -1.22. The van der Waals surface area contributed by atoms with Crippen molar-refractivity contribution >= 4 is 5.69 Å². The number of ether oxygens (including phenoxy) is 1. The summed E-state index contributed by atoms with van der Waals surface area (Å²) in [6, 6.07) is 6.37. The van der Waals surface area contributed by atoms with Crippen molar-refractivity contribution in [2.75, 3.05) is 31.6 Å². The quantitative estimate of drug-likeness (QED) is 0.847. The second kappa shape index (κ2) is 5.92. The van der Waals surface area contributed by atoms with Gasteiger partial charge in [-0.15, -0.1) is 0 Å². The van der Waals surface area contributed by atoms with Crippen molar-refractivity contribution in [1.82, 2.24) is 4.90 Å². The molecule has 94 valence electrons. The molecule has 0 aliphatic carbocycles. The number of fused-ring (bicyclic) bond motifs is 1. The Morgan fingerprint density at radius 2 is 2.24 bits per heavy atom. The van der Waals surface area contributed by atoms with Crippen LogP contribution in [0.4, 0.5) is 5.69 Å². The van der Waals surface area contributed by atoms with Crippen LogP contribution in [0, 0.1) is 0 Å². The number of hydrogen-bond donors (Lipinski definition) is 1. The fraction of sp³-hybridized carbons (Fsp3) is 0.571. The van der Waals surface area contributed by atoms with Gasteiger partial charge in [-0.2, -0.15) is 0 Å². The highest BCUT2D eigenvalue weighted by Crippen LogP contribution is 2.31. The van der Waals surface area contributed by atoms with Crippen LogP contribution in [-0.2, 0) is 6.54 Å². The maximum Gasteiger partial charge on any atom is 0.146 e. The molecular weight excluding hydrogens is 212 g/mol. The van der Waals surface area contributed by atoms with Crippen LogP contribution < -0.4 is 10.1 Å². The van der Waals surface area contributed by atoms with Crippen LogP contribution >= 0.6 is 0 Å². The molecule has 0 atom stereocenters. The van der Waals surface area contributed by atoms with E-state index in [2.05, 4.69) is 42.3 Å². The fourth-order valence-electron chi connectivity index (χ4n) is 2.26. The van der Waals surface area contributed by atoms with Gasteiger partial charge in [0.05, 0.1) is 5.69 Å². The van der Waals surface area contributed by atoms with E-state index in [-0.39, 0.29) is 0 Å². The smallest absolute Gasteiger partial charge is 0.146 e. The molecule has 0 unspecified atom stereocenters. The highest BCUT2D eigenvalue weighted by Gasteiger charge is 2.15. The zero-order valence-electron chi connectivity index (χ0n) is 10.8. The molecule has 0 bridgehead atoms. The first kappa shape index (κ1) is 12.2. The van der Waals surface area contributed by atoms with E-state index in [9.17, 15) is 0 Å². The zero-order chi connectivity index (χ0) is 12.1. The van der Waals surface area contributed by atoms with Crippen molar-refractivity contribution in [1.29, 1.82) is 0 Å². The van der Waals surface area contributed by atoms with Crippen molar-refractivity contribution in [2.24, 2.45) is 0 Å². The molecule has 0 spiro atoms. The fourth-order valence-corrected chi connectivity index (χ4v) is 2.26. The molecule has 0 fully saturated rings. The molecule has 0 aromatic heterocycles. The lowest BCUT2D eigenvalue weighted by molar-refractivity contribution is 0.267. The number of nitrogens with zero attached hydrogens (tertiary/aromatic N) is 1. The van der Waals surface area contributed by atoms with Crippen LogP contribution in [0.5, 0.6) is 5.75 Å². The van der Waals surface area contributed by atoms with Crippen LogP contribution in [0.1, 0.15) is 25.8 Å². The molecule has 1 aliphatic rings. The number of hydrogen-bond acceptors (Lipinski definition) is 3.